The Morgan fingerprint density at radius 2 is 2.00 bits per heavy atom. The molecule has 0 N–H and O–H groups in total. The first kappa shape index (κ1) is 14.4. The lowest BCUT2D eigenvalue weighted by Gasteiger charge is -2.04. The van der Waals surface area contributed by atoms with Gasteiger partial charge in [0.2, 0.25) is 0 Å². The van der Waals surface area contributed by atoms with Gasteiger partial charge in [0, 0.05) is 0 Å². The molecule has 0 spiro atoms. The van der Waals surface area contributed by atoms with Gasteiger partial charge in [0.25, 0.3) is 0 Å². The molecule has 1 heterocycles. The van der Waals surface area contributed by atoms with Crippen LogP contribution in [-0.2, 0) is 6.42 Å². The summed E-state index contributed by atoms with van der Waals surface area (Å²) in [5.41, 5.74) is 1.79. The van der Waals surface area contributed by atoms with E-state index >= 15 is 0 Å². The highest BCUT2D eigenvalue weighted by molar-refractivity contribution is 6.42. The minimum absolute atomic E-state index is 0.289. The van der Waals surface area contributed by atoms with E-state index in [1.807, 2.05) is 6.92 Å². The van der Waals surface area contributed by atoms with E-state index in [2.05, 4.69) is 5.10 Å². The third-order valence-electron chi connectivity index (χ3n) is 2.69. The van der Waals surface area contributed by atoms with E-state index in [-0.39, 0.29) is 5.15 Å². The van der Waals surface area contributed by atoms with Crippen molar-refractivity contribution < 1.29 is 4.79 Å². The van der Waals surface area contributed by atoms with Gasteiger partial charge in [-0.25, -0.2) is 4.68 Å². The number of rotatable bonds is 4. The van der Waals surface area contributed by atoms with Gasteiger partial charge in [0.15, 0.2) is 6.29 Å². The van der Waals surface area contributed by atoms with Crippen LogP contribution in [0.15, 0.2) is 18.2 Å². The minimum atomic E-state index is 0.289. The van der Waals surface area contributed by atoms with E-state index in [0.717, 1.165) is 12.7 Å². The first-order chi connectivity index (χ1) is 9.08. The number of carbonyl (C=O) groups is 1. The molecular formula is C13H11Cl3N2O. The second kappa shape index (κ2) is 5.95. The molecule has 19 heavy (non-hydrogen) atoms. The molecule has 0 atom stereocenters. The first-order valence-corrected chi connectivity index (χ1v) is 6.89. The van der Waals surface area contributed by atoms with Gasteiger partial charge in [-0.3, -0.25) is 4.79 Å². The summed E-state index contributed by atoms with van der Waals surface area (Å²) in [7, 11) is 0. The molecule has 0 radical (unpaired) electrons. The van der Waals surface area contributed by atoms with E-state index in [1.165, 1.54) is 4.68 Å². The number of aldehydes is 1. The summed E-state index contributed by atoms with van der Waals surface area (Å²) in [6.07, 6.45) is 2.31. The summed E-state index contributed by atoms with van der Waals surface area (Å²) in [6.45, 7) is 2.01. The van der Waals surface area contributed by atoms with Crippen molar-refractivity contribution in [3.8, 4) is 5.69 Å². The van der Waals surface area contributed by atoms with Crippen molar-refractivity contribution in [2.45, 2.75) is 19.8 Å². The molecule has 0 aliphatic heterocycles. The number of carbonyl (C=O) groups excluding carboxylic acids is 1. The third-order valence-corrected chi connectivity index (χ3v) is 3.79. The molecule has 0 amide bonds. The number of nitrogens with zero attached hydrogens (tertiary/aromatic N) is 2. The van der Waals surface area contributed by atoms with Crippen LogP contribution in [0.4, 0.5) is 0 Å². The lowest BCUT2D eigenvalue weighted by Crippen LogP contribution is -1.97. The Bertz CT molecular complexity index is 623. The van der Waals surface area contributed by atoms with Gasteiger partial charge in [-0.15, -0.1) is 0 Å². The van der Waals surface area contributed by atoms with Crippen molar-refractivity contribution >= 4 is 41.1 Å². The molecule has 0 fully saturated rings. The fraction of sp³-hybridized carbons (Fsp3) is 0.231. The number of halogens is 3. The van der Waals surface area contributed by atoms with Gasteiger partial charge < -0.3 is 0 Å². The van der Waals surface area contributed by atoms with Crippen LogP contribution in [0.25, 0.3) is 5.69 Å². The molecule has 0 aliphatic rings. The quantitative estimate of drug-likeness (QED) is 0.773. The number of aromatic nitrogens is 2. The van der Waals surface area contributed by atoms with Crippen LogP contribution in [0.5, 0.6) is 0 Å². The lowest BCUT2D eigenvalue weighted by molar-refractivity contribution is 0.112. The standard InChI is InChI=1S/C13H11Cl3N2O/c1-2-3-12-9(7-19)13(16)18(17-12)8-4-5-10(14)11(15)6-8/h4-7H,2-3H2,1H3. The lowest BCUT2D eigenvalue weighted by atomic mass is 10.2. The number of aryl methyl sites for hydroxylation is 1. The molecule has 0 saturated heterocycles. The molecule has 1 aromatic carbocycles. The number of hydrogen-bond acceptors (Lipinski definition) is 2. The van der Waals surface area contributed by atoms with E-state index in [4.69, 9.17) is 34.8 Å². The van der Waals surface area contributed by atoms with Gasteiger partial charge >= 0.3 is 0 Å². The zero-order chi connectivity index (χ0) is 14.0. The Morgan fingerprint density at radius 1 is 1.26 bits per heavy atom. The molecule has 2 aromatic rings. The molecule has 0 saturated carbocycles. The molecular weight excluding hydrogens is 307 g/mol. The molecule has 6 heteroatoms. The Morgan fingerprint density at radius 3 is 2.58 bits per heavy atom. The SMILES string of the molecule is CCCc1nn(-c2ccc(Cl)c(Cl)c2)c(Cl)c1C=O. The average Bonchev–Trinajstić information content (AvgIpc) is 2.70. The maximum atomic E-state index is 11.1. The highest BCUT2D eigenvalue weighted by Crippen LogP contribution is 2.28. The fourth-order valence-electron chi connectivity index (χ4n) is 1.78. The van der Waals surface area contributed by atoms with E-state index in [0.29, 0.717) is 33.4 Å². The molecule has 2 rings (SSSR count). The van der Waals surface area contributed by atoms with Crippen molar-refractivity contribution in [2.24, 2.45) is 0 Å². The smallest absolute Gasteiger partial charge is 0.155 e. The fourth-order valence-corrected chi connectivity index (χ4v) is 2.36. The molecule has 0 unspecified atom stereocenters. The Kier molecular flexibility index (Phi) is 4.50. The minimum Gasteiger partial charge on any atom is -0.298 e. The van der Waals surface area contributed by atoms with E-state index < -0.39 is 0 Å². The van der Waals surface area contributed by atoms with Gasteiger partial charge in [0.05, 0.1) is 27.0 Å². The normalized spacial score (nSPS) is 10.7. The Hall–Kier alpha value is -1.03. The van der Waals surface area contributed by atoms with Crippen LogP contribution in [0, 0.1) is 0 Å². The maximum absolute atomic E-state index is 11.1. The largest absolute Gasteiger partial charge is 0.298 e. The van der Waals surface area contributed by atoms with Crippen molar-refractivity contribution in [3.63, 3.8) is 0 Å². The molecule has 1 aromatic heterocycles. The van der Waals surface area contributed by atoms with Crippen LogP contribution in [0.3, 0.4) is 0 Å². The first-order valence-electron chi connectivity index (χ1n) is 5.76. The van der Waals surface area contributed by atoms with Crippen LogP contribution in [0.1, 0.15) is 29.4 Å². The monoisotopic (exact) mass is 316 g/mol. The van der Waals surface area contributed by atoms with Crippen molar-refractivity contribution in [3.05, 3.63) is 44.7 Å². The van der Waals surface area contributed by atoms with Gasteiger partial charge in [-0.05, 0) is 24.6 Å². The third kappa shape index (κ3) is 2.78. The zero-order valence-electron chi connectivity index (χ0n) is 10.2. The van der Waals surface area contributed by atoms with Gasteiger partial charge in [-0.2, -0.15) is 5.10 Å². The highest BCUT2D eigenvalue weighted by atomic mass is 35.5. The molecule has 3 nitrogen and oxygen atoms in total. The number of hydrogen-bond donors (Lipinski definition) is 0. The zero-order valence-corrected chi connectivity index (χ0v) is 12.4. The van der Waals surface area contributed by atoms with Gasteiger partial charge in [-0.1, -0.05) is 48.1 Å². The van der Waals surface area contributed by atoms with Crippen LogP contribution >= 0.6 is 34.8 Å². The predicted octanol–water partition coefficient (Wildman–Crippen LogP) is 4.60. The van der Waals surface area contributed by atoms with Gasteiger partial charge in [0.1, 0.15) is 5.15 Å². The summed E-state index contributed by atoms with van der Waals surface area (Å²) in [5, 5.41) is 5.52. The average molecular weight is 318 g/mol. The molecule has 100 valence electrons. The van der Waals surface area contributed by atoms with Crippen molar-refractivity contribution in [2.75, 3.05) is 0 Å². The van der Waals surface area contributed by atoms with E-state index in [1.54, 1.807) is 18.2 Å². The summed E-state index contributed by atoms with van der Waals surface area (Å²) >= 11 is 18.0. The number of benzene rings is 1. The summed E-state index contributed by atoms with van der Waals surface area (Å²) in [6, 6.07) is 5.07. The summed E-state index contributed by atoms with van der Waals surface area (Å²) in [5.74, 6) is 0. The summed E-state index contributed by atoms with van der Waals surface area (Å²) < 4.78 is 1.50. The van der Waals surface area contributed by atoms with E-state index in [9.17, 15) is 4.79 Å². The van der Waals surface area contributed by atoms with Crippen LogP contribution in [-0.4, -0.2) is 16.1 Å². The topological polar surface area (TPSA) is 34.9 Å². The Balaban J connectivity index is 2.55. The molecule has 0 aliphatic carbocycles. The second-order valence-electron chi connectivity index (χ2n) is 4.03. The summed E-state index contributed by atoms with van der Waals surface area (Å²) in [4.78, 5) is 11.1. The van der Waals surface area contributed by atoms with Crippen LogP contribution < -0.4 is 0 Å². The van der Waals surface area contributed by atoms with Crippen molar-refractivity contribution in [1.82, 2.24) is 9.78 Å². The van der Waals surface area contributed by atoms with Crippen LogP contribution in [0.2, 0.25) is 15.2 Å². The maximum Gasteiger partial charge on any atom is 0.155 e. The molecule has 0 bridgehead atoms. The predicted molar refractivity (Wildman–Crippen MR) is 78.0 cm³/mol. The Labute approximate surface area is 126 Å². The second-order valence-corrected chi connectivity index (χ2v) is 5.20. The highest BCUT2D eigenvalue weighted by Gasteiger charge is 2.16. The van der Waals surface area contributed by atoms with Crippen molar-refractivity contribution in [1.29, 1.82) is 0 Å².